The molecule has 0 radical (unpaired) electrons. The van der Waals surface area contributed by atoms with Gasteiger partial charge in [0.25, 0.3) is 0 Å². The van der Waals surface area contributed by atoms with Crippen LogP contribution in [0.3, 0.4) is 0 Å². The van der Waals surface area contributed by atoms with E-state index in [0.717, 1.165) is 19.3 Å². The topological polar surface area (TPSA) is 84.2 Å². The molecule has 0 spiro atoms. The first-order chi connectivity index (χ1) is 8.99. The third-order valence-electron chi connectivity index (χ3n) is 2.81. The average Bonchev–Trinajstić information content (AvgIpc) is 2.33. The molecule has 0 fully saturated rings. The Morgan fingerprint density at radius 2 is 1.63 bits per heavy atom. The van der Waals surface area contributed by atoms with Crippen molar-refractivity contribution in [3.05, 3.63) is 0 Å². The lowest BCUT2D eigenvalue weighted by atomic mass is 10.1. The maximum absolute atomic E-state index is 11.7. The van der Waals surface area contributed by atoms with Gasteiger partial charge in [-0.1, -0.05) is 19.8 Å². The molecule has 0 aliphatic heterocycles. The van der Waals surface area contributed by atoms with Crippen molar-refractivity contribution < 1.29 is 9.59 Å². The van der Waals surface area contributed by atoms with Crippen LogP contribution in [0.1, 0.15) is 59.3 Å². The van der Waals surface area contributed by atoms with E-state index in [0.29, 0.717) is 25.8 Å². The minimum Gasteiger partial charge on any atom is -0.354 e. The molecule has 0 aliphatic rings. The van der Waals surface area contributed by atoms with Crippen molar-refractivity contribution in [3.8, 4) is 0 Å². The molecule has 112 valence electrons. The third-order valence-corrected chi connectivity index (χ3v) is 2.81. The highest BCUT2D eigenvalue weighted by Crippen LogP contribution is 2.01. The summed E-state index contributed by atoms with van der Waals surface area (Å²) in [7, 11) is 0. The first-order valence-corrected chi connectivity index (χ1v) is 7.28. The van der Waals surface area contributed by atoms with E-state index in [-0.39, 0.29) is 23.9 Å². The van der Waals surface area contributed by atoms with Gasteiger partial charge in [0.15, 0.2) is 0 Å². The summed E-state index contributed by atoms with van der Waals surface area (Å²) in [5, 5.41) is 5.73. The SMILES string of the molecule is CCCCC(CN)NC(=O)CCCC(=O)NC(C)C. The summed E-state index contributed by atoms with van der Waals surface area (Å²) in [6.45, 7) is 6.43. The summed E-state index contributed by atoms with van der Waals surface area (Å²) in [5.74, 6) is -0.00643. The summed E-state index contributed by atoms with van der Waals surface area (Å²) < 4.78 is 0. The van der Waals surface area contributed by atoms with Crippen molar-refractivity contribution in [1.82, 2.24) is 10.6 Å². The van der Waals surface area contributed by atoms with E-state index in [2.05, 4.69) is 17.6 Å². The molecule has 0 aliphatic carbocycles. The van der Waals surface area contributed by atoms with Gasteiger partial charge in [-0.15, -0.1) is 0 Å². The smallest absolute Gasteiger partial charge is 0.220 e. The van der Waals surface area contributed by atoms with Gasteiger partial charge in [-0.3, -0.25) is 9.59 Å². The fourth-order valence-electron chi connectivity index (χ4n) is 1.80. The Hall–Kier alpha value is -1.10. The van der Waals surface area contributed by atoms with Crippen LogP contribution in [0.2, 0.25) is 0 Å². The zero-order valence-corrected chi connectivity index (χ0v) is 12.5. The molecule has 5 nitrogen and oxygen atoms in total. The fraction of sp³-hybridized carbons (Fsp3) is 0.857. The molecule has 0 saturated heterocycles. The van der Waals surface area contributed by atoms with Gasteiger partial charge in [-0.25, -0.2) is 0 Å². The minimum absolute atomic E-state index is 0.00385. The van der Waals surface area contributed by atoms with E-state index < -0.39 is 0 Å². The van der Waals surface area contributed by atoms with E-state index in [1.165, 1.54) is 0 Å². The van der Waals surface area contributed by atoms with Gasteiger partial charge in [-0.05, 0) is 26.7 Å². The van der Waals surface area contributed by atoms with Crippen LogP contribution in [0.5, 0.6) is 0 Å². The second kappa shape index (κ2) is 10.8. The average molecular weight is 271 g/mol. The fourth-order valence-corrected chi connectivity index (χ4v) is 1.80. The Balaban J connectivity index is 3.76. The number of nitrogens with two attached hydrogens (primary N) is 1. The Kier molecular flexibility index (Phi) is 10.2. The Labute approximate surface area is 116 Å². The molecule has 0 aromatic rings. The molecule has 0 aromatic carbocycles. The van der Waals surface area contributed by atoms with Gasteiger partial charge in [0, 0.05) is 31.5 Å². The van der Waals surface area contributed by atoms with Crippen molar-refractivity contribution >= 4 is 11.8 Å². The van der Waals surface area contributed by atoms with Crippen LogP contribution in [0.15, 0.2) is 0 Å². The van der Waals surface area contributed by atoms with Crippen LogP contribution in [-0.2, 0) is 9.59 Å². The number of carbonyl (C=O) groups is 2. The highest BCUT2D eigenvalue weighted by molar-refractivity contribution is 5.79. The molecule has 2 amide bonds. The second-order valence-corrected chi connectivity index (χ2v) is 5.22. The molecule has 5 heteroatoms. The van der Waals surface area contributed by atoms with E-state index in [4.69, 9.17) is 5.73 Å². The summed E-state index contributed by atoms with van der Waals surface area (Å²) >= 11 is 0. The Bertz CT molecular complexity index is 267. The van der Waals surface area contributed by atoms with Gasteiger partial charge in [0.2, 0.25) is 11.8 Å². The normalized spacial score (nSPS) is 12.3. The standard InChI is InChI=1S/C14H29N3O2/c1-4-5-7-12(10-15)17-14(19)9-6-8-13(18)16-11(2)3/h11-12H,4-10,15H2,1-3H3,(H,16,18)(H,17,19). The van der Waals surface area contributed by atoms with Crippen LogP contribution in [0.25, 0.3) is 0 Å². The molecular formula is C14H29N3O2. The molecule has 0 bridgehead atoms. The summed E-state index contributed by atoms with van der Waals surface area (Å²) in [4.78, 5) is 23.1. The van der Waals surface area contributed by atoms with E-state index in [1.54, 1.807) is 0 Å². The van der Waals surface area contributed by atoms with E-state index in [9.17, 15) is 9.59 Å². The lowest BCUT2D eigenvalue weighted by Crippen LogP contribution is -2.40. The molecule has 1 atom stereocenters. The first-order valence-electron chi connectivity index (χ1n) is 7.28. The predicted molar refractivity (Wildman–Crippen MR) is 77.6 cm³/mol. The third kappa shape index (κ3) is 10.5. The van der Waals surface area contributed by atoms with Gasteiger partial charge >= 0.3 is 0 Å². The number of carbonyl (C=O) groups excluding carboxylic acids is 2. The highest BCUT2D eigenvalue weighted by atomic mass is 16.2. The predicted octanol–water partition coefficient (Wildman–Crippen LogP) is 1.32. The van der Waals surface area contributed by atoms with Crippen LogP contribution >= 0.6 is 0 Å². The van der Waals surface area contributed by atoms with Gasteiger partial charge in [0.1, 0.15) is 0 Å². The Morgan fingerprint density at radius 1 is 1.05 bits per heavy atom. The molecular weight excluding hydrogens is 242 g/mol. The van der Waals surface area contributed by atoms with Gasteiger partial charge < -0.3 is 16.4 Å². The van der Waals surface area contributed by atoms with Crippen molar-refractivity contribution in [2.75, 3.05) is 6.54 Å². The second-order valence-electron chi connectivity index (χ2n) is 5.22. The van der Waals surface area contributed by atoms with Crippen LogP contribution in [0.4, 0.5) is 0 Å². The zero-order chi connectivity index (χ0) is 14.7. The van der Waals surface area contributed by atoms with Crippen molar-refractivity contribution in [2.24, 2.45) is 5.73 Å². The molecule has 0 heterocycles. The van der Waals surface area contributed by atoms with Crippen LogP contribution in [-0.4, -0.2) is 30.4 Å². The number of hydrogen-bond acceptors (Lipinski definition) is 3. The maximum atomic E-state index is 11.7. The first kappa shape index (κ1) is 17.9. The van der Waals surface area contributed by atoms with Crippen molar-refractivity contribution in [1.29, 1.82) is 0 Å². The molecule has 4 N–H and O–H groups in total. The molecule has 1 unspecified atom stereocenters. The quantitative estimate of drug-likeness (QED) is 0.560. The van der Waals surface area contributed by atoms with Crippen LogP contribution < -0.4 is 16.4 Å². The molecule has 0 rings (SSSR count). The summed E-state index contributed by atoms with van der Waals surface area (Å²) in [6, 6.07) is 0.217. The number of hydrogen-bond donors (Lipinski definition) is 3. The summed E-state index contributed by atoms with van der Waals surface area (Å²) in [6.07, 6.45) is 4.45. The molecule has 0 aromatic heterocycles. The molecule has 0 saturated carbocycles. The number of unbranched alkanes of at least 4 members (excludes halogenated alkanes) is 1. The monoisotopic (exact) mass is 271 g/mol. The molecule has 19 heavy (non-hydrogen) atoms. The van der Waals surface area contributed by atoms with Crippen molar-refractivity contribution in [2.45, 2.75) is 71.4 Å². The van der Waals surface area contributed by atoms with Gasteiger partial charge in [0.05, 0.1) is 0 Å². The summed E-state index contributed by atoms with van der Waals surface area (Å²) in [5.41, 5.74) is 5.61. The maximum Gasteiger partial charge on any atom is 0.220 e. The Morgan fingerprint density at radius 3 is 2.11 bits per heavy atom. The number of rotatable bonds is 10. The zero-order valence-electron chi connectivity index (χ0n) is 12.5. The van der Waals surface area contributed by atoms with Crippen LogP contribution in [0, 0.1) is 0 Å². The number of amides is 2. The van der Waals surface area contributed by atoms with E-state index in [1.807, 2.05) is 13.8 Å². The lowest BCUT2D eigenvalue weighted by molar-refractivity contribution is -0.123. The van der Waals surface area contributed by atoms with Crippen molar-refractivity contribution in [3.63, 3.8) is 0 Å². The minimum atomic E-state index is -0.0103. The largest absolute Gasteiger partial charge is 0.354 e. The highest BCUT2D eigenvalue weighted by Gasteiger charge is 2.11. The lowest BCUT2D eigenvalue weighted by Gasteiger charge is -2.16. The number of nitrogens with one attached hydrogen (secondary N) is 2. The van der Waals surface area contributed by atoms with E-state index >= 15 is 0 Å². The van der Waals surface area contributed by atoms with Gasteiger partial charge in [-0.2, -0.15) is 0 Å².